The minimum Gasteiger partial charge on any atom is -0.478 e. The fourth-order valence-electron chi connectivity index (χ4n) is 0.947. The molecule has 0 amide bonds. The summed E-state index contributed by atoms with van der Waals surface area (Å²) in [7, 11) is 0. The van der Waals surface area contributed by atoms with Gasteiger partial charge >= 0.3 is 5.97 Å². The Morgan fingerprint density at radius 1 is 1.58 bits per heavy atom. The molecule has 0 saturated heterocycles. The highest BCUT2D eigenvalue weighted by molar-refractivity contribution is 5.87. The van der Waals surface area contributed by atoms with Gasteiger partial charge in [-0.15, -0.1) is 0 Å². The van der Waals surface area contributed by atoms with Crippen molar-refractivity contribution in [2.75, 3.05) is 0 Å². The Labute approximate surface area is 73.3 Å². The van der Waals surface area contributed by atoms with Crippen molar-refractivity contribution in [3.63, 3.8) is 0 Å². The molecular formula is C9H17NO2. The van der Waals surface area contributed by atoms with Crippen molar-refractivity contribution in [3.8, 4) is 0 Å². The number of carboxylic acid groups (broad SMARTS) is 1. The molecular weight excluding hydrogens is 154 g/mol. The normalized spacial score (nSPS) is 12.5. The van der Waals surface area contributed by atoms with Gasteiger partial charge in [-0.1, -0.05) is 32.8 Å². The first-order chi connectivity index (χ1) is 5.59. The van der Waals surface area contributed by atoms with E-state index < -0.39 is 5.97 Å². The first-order valence-electron chi connectivity index (χ1n) is 4.27. The number of carbonyl (C=O) groups is 1. The molecule has 0 saturated carbocycles. The van der Waals surface area contributed by atoms with Gasteiger partial charge in [0.05, 0.1) is 0 Å². The maximum absolute atomic E-state index is 10.4. The van der Waals surface area contributed by atoms with E-state index in [4.69, 9.17) is 10.8 Å². The van der Waals surface area contributed by atoms with Crippen molar-refractivity contribution in [2.24, 2.45) is 5.73 Å². The summed E-state index contributed by atoms with van der Waals surface area (Å²) in [5.74, 6) is -0.987. The molecule has 3 nitrogen and oxygen atoms in total. The summed E-state index contributed by atoms with van der Waals surface area (Å²) < 4.78 is 0. The Balaban J connectivity index is 3.64. The number of hydrogen-bond acceptors (Lipinski definition) is 2. The summed E-state index contributed by atoms with van der Waals surface area (Å²) in [6.45, 7) is 5.50. The van der Waals surface area contributed by atoms with E-state index in [1.54, 1.807) is 0 Å². The van der Waals surface area contributed by atoms with Crippen LogP contribution in [0.2, 0.25) is 0 Å². The summed E-state index contributed by atoms with van der Waals surface area (Å²) >= 11 is 0. The van der Waals surface area contributed by atoms with E-state index in [0.29, 0.717) is 0 Å². The van der Waals surface area contributed by atoms with Crippen molar-refractivity contribution in [1.82, 2.24) is 0 Å². The molecule has 12 heavy (non-hydrogen) atoms. The minimum atomic E-state index is -0.987. The van der Waals surface area contributed by atoms with E-state index in [1.165, 1.54) is 0 Å². The molecule has 0 aliphatic carbocycles. The van der Waals surface area contributed by atoms with Crippen LogP contribution in [0.1, 0.15) is 32.6 Å². The Kier molecular flexibility index (Phi) is 5.37. The van der Waals surface area contributed by atoms with Gasteiger partial charge in [0, 0.05) is 11.6 Å². The van der Waals surface area contributed by atoms with Gasteiger partial charge in [-0.3, -0.25) is 0 Å². The van der Waals surface area contributed by atoms with Gasteiger partial charge in [0.25, 0.3) is 0 Å². The maximum atomic E-state index is 10.4. The van der Waals surface area contributed by atoms with Crippen molar-refractivity contribution < 1.29 is 9.90 Å². The predicted molar refractivity (Wildman–Crippen MR) is 48.9 cm³/mol. The fourth-order valence-corrected chi connectivity index (χ4v) is 0.947. The number of hydrogen-bond donors (Lipinski definition) is 2. The zero-order valence-electron chi connectivity index (χ0n) is 7.55. The van der Waals surface area contributed by atoms with Gasteiger partial charge in [-0.25, -0.2) is 4.79 Å². The number of aliphatic carboxylic acids is 1. The molecule has 3 N–H and O–H groups in total. The van der Waals surface area contributed by atoms with Crippen molar-refractivity contribution in [2.45, 2.75) is 38.6 Å². The minimum absolute atomic E-state index is 0.117. The standard InChI is InChI=1S/C9H17NO2/c1-3-4-5-6-8(10)7(2)9(11)12/h8H,2-6,10H2,1H3,(H,11,12). The van der Waals surface area contributed by atoms with Crippen LogP contribution in [-0.4, -0.2) is 17.1 Å². The molecule has 3 heteroatoms. The molecule has 0 heterocycles. The number of nitrogens with two attached hydrogens (primary N) is 1. The van der Waals surface area contributed by atoms with Gasteiger partial charge in [0.2, 0.25) is 0 Å². The van der Waals surface area contributed by atoms with Crippen LogP contribution in [0, 0.1) is 0 Å². The molecule has 1 atom stereocenters. The summed E-state index contributed by atoms with van der Waals surface area (Å²) in [6, 6.07) is -0.381. The Morgan fingerprint density at radius 2 is 2.17 bits per heavy atom. The third-order valence-corrected chi connectivity index (χ3v) is 1.84. The molecule has 0 spiro atoms. The quantitative estimate of drug-likeness (QED) is 0.470. The summed E-state index contributed by atoms with van der Waals surface area (Å²) in [4.78, 5) is 10.4. The largest absolute Gasteiger partial charge is 0.478 e. The second-order valence-corrected chi connectivity index (χ2v) is 2.93. The smallest absolute Gasteiger partial charge is 0.332 e. The number of unbranched alkanes of at least 4 members (excludes halogenated alkanes) is 2. The van der Waals surface area contributed by atoms with Crippen LogP contribution in [0.15, 0.2) is 12.2 Å². The Morgan fingerprint density at radius 3 is 2.58 bits per heavy atom. The van der Waals surface area contributed by atoms with E-state index in [-0.39, 0.29) is 11.6 Å². The van der Waals surface area contributed by atoms with Crippen molar-refractivity contribution >= 4 is 5.97 Å². The lowest BCUT2D eigenvalue weighted by molar-refractivity contribution is -0.132. The summed E-state index contributed by atoms with van der Waals surface area (Å²) in [5.41, 5.74) is 5.70. The van der Waals surface area contributed by atoms with Crippen molar-refractivity contribution in [3.05, 3.63) is 12.2 Å². The van der Waals surface area contributed by atoms with Crippen LogP contribution >= 0.6 is 0 Å². The highest BCUT2D eigenvalue weighted by Gasteiger charge is 2.12. The Bertz CT molecular complexity index is 166. The zero-order chi connectivity index (χ0) is 9.56. The average Bonchev–Trinajstić information content (AvgIpc) is 2.03. The van der Waals surface area contributed by atoms with E-state index in [2.05, 4.69) is 13.5 Å². The first-order valence-corrected chi connectivity index (χ1v) is 4.27. The van der Waals surface area contributed by atoms with Gasteiger partial charge in [-0.05, 0) is 6.42 Å². The van der Waals surface area contributed by atoms with Gasteiger partial charge < -0.3 is 10.8 Å². The van der Waals surface area contributed by atoms with Gasteiger partial charge in [0.15, 0.2) is 0 Å². The van der Waals surface area contributed by atoms with Crippen LogP contribution in [-0.2, 0) is 4.79 Å². The van der Waals surface area contributed by atoms with E-state index in [0.717, 1.165) is 25.7 Å². The number of carboxylic acids is 1. The first kappa shape index (κ1) is 11.2. The van der Waals surface area contributed by atoms with Gasteiger partial charge in [0.1, 0.15) is 0 Å². The molecule has 0 aliphatic rings. The van der Waals surface area contributed by atoms with Crippen LogP contribution < -0.4 is 5.73 Å². The second kappa shape index (κ2) is 5.77. The summed E-state index contributed by atoms with van der Waals surface area (Å²) in [5, 5.41) is 8.53. The lowest BCUT2D eigenvalue weighted by Crippen LogP contribution is -2.26. The monoisotopic (exact) mass is 171 g/mol. The average molecular weight is 171 g/mol. The topological polar surface area (TPSA) is 63.3 Å². The van der Waals surface area contributed by atoms with E-state index in [9.17, 15) is 4.79 Å². The number of rotatable bonds is 6. The third-order valence-electron chi connectivity index (χ3n) is 1.84. The highest BCUT2D eigenvalue weighted by Crippen LogP contribution is 2.07. The molecule has 0 aromatic carbocycles. The molecule has 0 bridgehead atoms. The SMILES string of the molecule is C=C(C(=O)O)C(N)CCCCC. The van der Waals surface area contributed by atoms with Gasteiger partial charge in [-0.2, -0.15) is 0 Å². The zero-order valence-corrected chi connectivity index (χ0v) is 7.55. The Hall–Kier alpha value is -0.830. The molecule has 0 rings (SSSR count). The second-order valence-electron chi connectivity index (χ2n) is 2.93. The van der Waals surface area contributed by atoms with E-state index >= 15 is 0 Å². The van der Waals surface area contributed by atoms with Crippen LogP contribution in [0.3, 0.4) is 0 Å². The highest BCUT2D eigenvalue weighted by atomic mass is 16.4. The lowest BCUT2D eigenvalue weighted by Gasteiger charge is -2.09. The van der Waals surface area contributed by atoms with Crippen LogP contribution in [0.4, 0.5) is 0 Å². The van der Waals surface area contributed by atoms with Crippen LogP contribution in [0.25, 0.3) is 0 Å². The molecule has 1 unspecified atom stereocenters. The molecule has 70 valence electrons. The molecule has 0 aliphatic heterocycles. The molecule has 0 aromatic rings. The predicted octanol–water partition coefficient (Wildman–Crippen LogP) is 1.53. The molecule has 0 fully saturated rings. The fraction of sp³-hybridized carbons (Fsp3) is 0.667. The molecule has 0 aromatic heterocycles. The van der Waals surface area contributed by atoms with Crippen molar-refractivity contribution in [1.29, 1.82) is 0 Å². The van der Waals surface area contributed by atoms with Crippen LogP contribution in [0.5, 0.6) is 0 Å². The third kappa shape index (κ3) is 4.13. The molecule has 0 radical (unpaired) electrons. The lowest BCUT2D eigenvalue weighted by atomic mass is 10.0. The summed E-state index contributed by atoms with van der Waals surface area (Å²) in [6.07, 6.45) is 3.91. The van der Waals surface area contributed by atoms with E-state index in [1.807, 2.05) is 0 Å². The maximum Gasteiger partial charge on any atom is 0.332 e.